The van der Waals surface area contributed by atoms with E-state index < -0.39 is 0 Å². The number of nitrogens with one attached hydrogen (secondary N) is 1. The fourth-order valence-electron chi connectivity index (χ4n) is 3.06. The van der Waals surface area contributed by atoms with Crippen molar-refractivity contribution in [2.45, 2.75) is 38.7 Å². The van der Waals surface area contributed by atoms with E-state index in [-0.39, 0.29) is 30.8 Å². The number of rotatable bonds is 5. The van der Waals surface area contributed by atoms with E-state index in [1.165, 1.54) is 0 Å². The lowest BCUT2D eigenvalue weighted by atomic mass is 10.1. The van der Waals surface area contributed by atoms with E-state index in [1.54, 1.807) is 4.90 Å². The lowest BCUT2D eigenvalue weighted by molar-refractivity contribution is -0.125. The Labute approximate surface area is 142 Å². The van der Waals surface area contributed by atoms with Gasteiger partial charge in [-0.05, 0) is 37.5 Å². The molecule has 6 nitrogen and oxygen atoms in total. The number of nitrogens with zero attached hydrogens (tertiary/aromatic N) is 1. The molecule has 2 aliphatic heterocycles. The van der Waals surface area contributed by atoms with E-state index in [9.17, 15) is 9.59 Å². The van der Waals surface area contributed by atoms with Crippen LogP contribution >= 0.6 is 0 Å². The first-order valence-electron chi connectivity index (χ1n) is 8.55. The number of fused-ring (bicyclic) bond motifs is 1. The van der Waals surface area contributed by atoms with Crippen LogP contribution in [0.15, 0.2) is 18.2 Å². The Hall–Kier alpha value is -2.08. The van der Waals surface area contributed by atoms with Gasteiger partial charge in [-0.1, -0.05) is 6.07 Å². The lowest BCUT2D eigenvalue weighted by Crippen LogP contribution is -2.39. The van der Waals surface area contributed by atoms with Crippen molar-refractivity contribution < 1.29 is 19.1 Å². The lowest BCUT2D eigenvalue weighted by Gasteiger charge is -2.30. The van der Waals surface area contributed by atoms with E-state index in [2.05, 4.69) is 5.32 Å². The predicted molar refractivity (Wildman–Crippen MR) is 90.2 cm³/mol. The predicted octanol–water partition coefficient (Wildman–Crippen LogP) is 1.80. The Bertz CT molecular complexity index is 611. The largest absolute Gasteiger partial charge is 0.490 e. The van der Waals surface area contributed by atoms with Crippen LogP contribution in [0.3, 0.4) is 0 Å². The number of benzene rings is 1. The minimum absolute atomic E-state index is 0.0441. The van der Waals surface area contributed by atoms with Crippen molar-refractivity contribution in [2.24, 2.45) is 0 Å². The Morgan fingerprint density at radius 3 is 2.96 bits per heavy atom. The van der Waals surface area contributed by atoms with Gasteiger partial charge in [-0.25, -0.2) is 0 Å². The van der Waals surface area contributed by atoms with E-state index in [1.807, 2.05) is 25.1 Å². The fraction of sp³-hybridized carbons (Fsp3) is 0.556. The molecule has 0 aliphatic carbocycles. The standard InChI is InChI=1S/C18H24N2O4/c1-13-4-5-16-15(11-13)20(8-10-24-16)18(22)7-6-17(21)19-12-14-3-2-9-23-14/h4-5,11,14H,2-3,6-10,12H2,1H3,(H,19,21)/t14-/m0/s1. The topological polar surface area (TPSA) is 67.9 Å². The van der Waals surface area contributed by atoms with Crippen LogP contribution in [0.1, 0.15) is 31.2 Å². The summed E-state index contributed by atoms with van der Waals surface area (Å²) in [6.07, 6.45) is 2.56. The van der Waals surface area contributed by atoms with Gasteiger partial charge in [0.25, 0.3) is 0 Å². The molecule has 1 N–H and O–H groups in total. The van der Waals surface area contributed by atoms with Crippen molar-refractivity contribution in [2.75, 3.05) is 31.2 Å². The summed E-state index contributed by atoms with van der Waals surface area (Å²) in [4.78, 5) is 26.1. The normalized spacial score (nSPS) is 19.5. The summed E-state index contributed by atoms with van der Waals surface area (Å²) in [7, 11) is 0. The molecule has 1 atom stereocenters. The Balaban J connectivity index is 1.50. The van der Waals surface area contributed by atoms with Crippen LogP contribution in [0.25, 0.3) is 0 Å². The summed E-state index contributed by atoms with van der Waals surface area (Å²) < 4.78 is 11.1. The Kier molecular flexibility index (Phi) is 5.35. The zero-order valence-corrected chi connectivity index (χ0v) is 14.0. The summed E-state index contributed by atoms with van der Waals surface area (Å²) in [5.74, 6) is 0.581. The average Bonchev–Trinajstić information content (AvgIpc) is 3.10. The minimum atomic E-state index is -0.100. The maximum absolute atomic E-state index is 12.5. The smallest absolute Gasteiger partial charge is 0.227 e. The molecule has 24 heavy (non-hydrogen) atoms. The number of carbonyl (C=O) groups is 2. The molecule has 130 valence electrons. The molecule has 2 aliphatic rings. The molecular weight excluding hydrogens is 308 g/mol. The van der Waals surface area contributed by atoms with Gasteiger partial charge in [0.2, 0.25) is 11.8 Å². The monoisotopic (exact) mass is 332 g/mol. The van der Waals surface area contributed by atoms with Crippen molar-refractivity contribution in [3.8, 4) is 5.75 Å². The second-order valence-corrected chi connectivity index (χ2v) is 6.30. The van der Waals surface area contributed by atoms with Gasteiger partial charge in [0.05, 0.1) is 18.3 Å². The van der Waals surface area contributed by atoms with Gasteiger partial charge >= 0.3 is 0 Å². The number of hydrogen-bond donors (Lipinski definition) is 1. The van der Waals surface area contributed by atoms with E-state index in [0.717, 1.165) is 36.4 Å². The molecule has 0 aromatic heterocycles. The summed E-state index contributed by atoms with van der Waals surface area (Å²) in [5, 5.41) is 2.85. The molecule has 0 saturated carbocycles. The molecule has 0 unspecified atom stereocenters. The highest BCUT2D eigenvalue weighted by atomic mass is 16.5. The maximum atomic E-state index is 12.5. The molecule has 1 aromatic rings. The van der Waals surface area contributed by atoms with Gasteiger partial charge in [-0.3, -0.25) is 9.59 Å². The van der Waals surface area contributed by atoms with Crippen molar-refractivity contribution in [1.29, 1.82) is 0 Å². The number of anilines is 1. The van der Waals surface area contributed by atoms with Crippen molar-refractivity contribution in [3.63, 3.8) is 0 Å². The fourth-order valence-corrected chi connectivity index (χ4v) is 3.06. The van der Waals surface area contributed by atoms with Gasteiger partial charge in [-0.2, -0.15) is 0 Å². The summed E-state index contributed by atoms with van der Waals surface area (Å²) in [6, 6.07) is 5.80. The van der Waals surface area contributed by atoms with Gasteiger partial charge in [0, 0.05) is 26.0 Å². The summed E-state index contributed by atoms with van der Waals surface area (Å²) >= 11 is 0. The first-order chi connectivity index (χ1) is 11.6. The third-order valence-electron chi connectivity index (χ3n) is 4.40. The molecule has 1 saturated heterocycles. The first-order valence-corrected chi connectivity index (χ1v) is 8.55. The van der Waals surface area contributed by atoms with Gasteiger partial charge in [-0.15, -0.1) is 0 Å². The second-order valence-electron chi connectivity index (χ2n) is 6.30. The highest BCUT2D eigenvalue weighted by molar-refractivity contribution is 5.97. The molecule has 1 fully saturated rings. The van der Waals surface area contributed by atoms with Crippen LogP contribution < -0.4 is 15.0 Å². The zero-order chi connectivity index (χ0) is 16.9. The number of ether oxygens (including phenoxy) is 2. The van der Waals surface area contributed by atoms with Crippen LogP contribution in [0.2, 0.25) is 0 Å². The maximum Gasteiger partial charge on any atom is 0.227 e. The van der Waals surface area contributed by atoms with Gasteiger partial charge in [0.15, 0.2) is 0 Å². The van der Waals surface area contributed by atoms with Crippen LogP contribution in [-0.2, 0) is 14.3 Å². The number of amides is 2. The van der Waals surface area contributed by atoms with Crippen LogP contribution in [-0.4, -0.2) is 44.2 Å². The van der Waals surface area contributed by atoms with Crippen molar-refractivity contribution >= 4 is 17.5 Å². The Morgan fingerprint density at radius 1 is 1.29 bits per heavy atom. The zero-order valence-electron chi connectivity index (χ0n) is 14.0. The van der Waals surface area contributed by atoms with Crippen molar-refractivity contribution in [1.82, 2.24) is 5.32 Å². The third-order valence-corrected chi connectivity index (χ3v) is 4.40. The second kappa shape index (κ2) is 7.66. The average molecular weight is 332 g/mol. The van der Waals surface area contributed by atoms with Crippen LogP contribution in [0.5, 0.6) is 5.75 Å². The molecule has 3 rings (SSSR count). The molecule has 0 bridgehead atoms. The van der Waals surface area contributed by atoms with Gasteiger partial charge < -0.3 is 19.7 Å². The van der Waals surface area contributed by atoms with Crippen LogP contribution in [0.4, 0.5) is 5.69 Å². The highest BCUT2D eigenvalue weighted by Gasteiger charge is 2.24. The minimum Gasteiger partial charge on any atom is -0.490 e. The number of carbonyl (C=O) groups excluding carboxylic acids is 2. The number of hydrogen-bond acceptors (Lipinski definition) is 4. The van der Waals surface area contributed by atoms with E-state index in [4.69, 9.17) is 9.47 Å². The van der Waals surface area contributed by atoms with E-state index >= 15 is 0 Å². The highest BCUT2D eigenvalue weighted by Crippen LogP contribution is 2.32. The molecular formula is C18H24N2O4. The first kappa shape index (κ1) is 16.8. The molecule has 1 aromatic carbocycles. The van der Waals surface area contributed by atoms with Gasteiger partial charge in [0.1, 0.15) is 12.4 Å². The quantitative estimate of drug-likeness (QED) is 0.893. The van der Waals surface area contributed by atoms with Crippen LogP contribution in [0, 0.1) is 6.92 Å². The summed E-state index contributed by atoms with van der Waals surface area (Å²) in [5.41, 5.74) is 1.87. The molecule has 2 heterocycles. The molecule has 2 amide bonds. The third kappa shape index (κ3) is 4.06. The molecule has 0 radical (unpaired) electrons. The molecule has 0 spiro atoms. The summed E-state index contributed by atoms with van der Waals surface area (Å²) in [6.45, 7) is 4.29. The van der Waals surface area contributed by atoms with E-state index in [0.29, 0.717) is 19.7 Å². The SMILES string of the molecule is Cc1ccc2c(c1)N(C(=O)CCC(=O)NC[C@@H]1CCCO1)CCO2. The molecule has 6 heteroatoms. The Morgan fingerprint density at radius 2 is 2.17 bits per heavy atom. The van der Waals surface area contributed by atoms with Crippen molar-refractivity contribution in [3.05, 3.63) is 23.8 Å². The number of aryl methyl sites for hydroxylation is 1.